The molecule has 0 unspecified atom stereocenters. The van der Waals surface area contributed by atoms with Crippen LogP contribution >= 0.6 is 0 Å². The van der Waals surface area contributed by atoms with E-state index in [0.717, 1.165) is 5.69 Å². The van der Waals surface area contributed by atoms with Crippen LogP contribution in [0.4, 0.5) is 0 Å². The predicted molar refractivity (Wildman–Crippen MR) is 57.6 cm³/mol. The fraction of sp³-hybridized carbons (Fsp3) is 0.100. The van der Waals surface area contributed by atoms with Crippen LogP contribution in [0, 0.1) is 6.92 Å². The molecular formula is C10H8N6O. The largest absolute Gasteiger partial charge is 0.332 e. The zero-order chi connectivity index (χ0) is 11.7. The maximum absolute atomic E-state index is 5.12. The summed E-state index contributed by atoms with van der Waals surface area (Å²) >= 11 is 0. The number of pyridine rings is 1. The average molecular weight is 228 g/mol. The normalized spacial score (nSPS) is 10.6. The molecule has 0 saturated heterocycles. The number of aromatic amines is 1. The summed E-state index contributed by atoms with van der Waals surface area (Å²) in [5.41, 5.74) is 1.53. The molecule has 3 aromatic rings. The Kier molecular flexibility index (Phi) is 2.14. The van der Waals surface area contributed by atoms with Crippen molar-refractivity contribution in [1.29, 1.82) is 0 Å². The summed E-state index contributed by atoms with van der Waals surface area (Å²) in [5.74, 6) is 1.19. The van der Waals surface area contributed by atoms with E-state index in [4.69, 9.17) is 4.52 Å². The maximum Gasteiger partial charge on any atom is 0.276 e. The number of hydrogen-bond donors (Lipinski definition) is 1. The van der Waals surface area contributed by atoms with Crippen molar-refractivity contribution >= 4 is 0 Å². The summed E-state index contributed by atoms with van der Waals surface area (Å²) in [5, 5.41) is 10.2. The average Bonchev–Trinajstić information content (AvgIpc) is 3.00. The second-order valence-corrected chi connectivity index (χ2v) is 3.42. The lowest BCUT2D eigenvalue weighted by atomic mass is 10.3. The van der Waals surface area contributed by atoms with E-state index in [9.17, 15) is 0 Å². The number of nitrogens with one attached hydrogen (secondary N) is 1. The van der Waals surface area contributed by atoms with E-state index in [-0.39, 0.29) is 0 Å². The van der Waals surface area contributed by atoms with Gasteiger partial charge in [-0.25, -0.2) is 9.97 Å². The fourth-order valence-corrected chi connectivity index (χ4v) is 1.40. The van der Waals surface area contributed by atoms with Gasteiger partial charge in [-0.15, -0.1) is 0 Å². The molecular weight excluding hydrogens is 220 g/mol. The van der Waals surface area contributed by atoms with Crippen LogP contribution in [0.3, 0.4) is 0 Å². The molecule has 0 aliphatic heterocycles. The van der Waals surface area contributed by atoms with Crippen LogP contribution in [0.15, 0.2) is 29.0 Å². The van der Waals surface area contributed by atoms with Crippen molar-refractivity contribution in [1.82, 2.24) is 30.3 Å². The Morgan fingerprint density at radius 1 is 1.24 bits per heavy atom. The van der Waals surface area contributed by atoms with Crippen LogP contribution in [0.1, 0.15) is 5.69 Å². The number of aromatic nitrogens is 6. The molecule has 0 amide bonds. The SMILES string of the molecule is Cc1cccc(-c2nc(-c3ncn[nH]3)no2)n1. The van der Waals surface area contributed by atoms with Crippen molar-refractivity contribution < 1.29 is 4.52 Å². The zero-order valence-corrected chi connectivity index (χ0v) is 8.95. The van der Waals surface area contributed by atoms with Crippen LogP contribution in [0.2, 0.25) is 0 Å². The second kappa shape index (κ2) is 3.78. The lowest BCUT2D eigenvalue weighted by Crippen LogP contribution is -1.87. The first-order valence-corrected chi connectivity index (χ1v) is 4.96. The van der Waals surface area contributed by atoms with Crippen LogP contribution in [0.5, 0.6) is 0 Å². The van der Waals surface area contributed by atoms with Gasteiger partial charge in [0.25, 0.3) is 5.89 Å². The molecule has 3 aromatic heterocycles. The smallest absolute Gasteiger partial charge is 0.276 e. The first kappa shape index (κ1) is 9.64. The summed E-state index contributed by atoms with van der Waals surface area (Å²) < 4.78 is 5.12. The topological polar surface area (TPSA) is 93.4 Å². The van der Waals surface area contributed by atoms with Crippen molar-refractivity contribution in [2.75, 3.05) is 0 Å². The molecule has 0 radical (unpaired) electrons. The molecule has 3 rings (SSSR count). The third kappa shape index (κ3) is 1.78. The fourth-order valence-electron chi connectivity index (χ4n) is 1.40. The van der Waals surface area contributed by atoms with Crippen LogP contribution < -0.4 is 0 Å². The molecule has 84 valence electrons. The number of aryl methyl sites for hydroxylation is 1. The lowest BCUT2D eigenvalue weighted by Gasteiger charge is -1.93. The molecule has 17 heavy (non-hydrogen) atoms. The molecule has 0 saturated carbocycles. The molecule has 3 heterocycles. The Hall–Kier alpha value is -2.57. The van der Waals surface area contributed by atoms with Crippen molar-refractivity contribution in [3.63, 3.8) is 0 Å². The molecule has 0 bridgehead atoms. The highest BCUT2D eigenvalue weighted by molar-refractivity contribution is 5.51. The quantitative estimate of drug-likeness (QED) is 0.708. The molecule has 0 aromatic carbocycles. The molecule has 0 fully saturated rings. The minimum Gasteiger partial charge on any atom is -0.332 e. The highest BCUT2D eigenvalue weighted by Crippen LogP contribution is 2.17. The molecule has 7 heteroatoms. The van der Waals surface area contributed by atoms with Crippen molar-refractivity contribution in [2.45, 2.75) is 6.92 Å². The third-order valence-corrected chi connectivity index (χ3v) is 2.16. The lowest BCUT2D eigenvalue weighted by molar-refractivity contribution is 0.430. The molecule has 7 nitrogen and oxygen atoms in total. The van der Waals surface area contributed by atoms with Crippen LogP contribution in [-0.4, -0.2) is 30.3 Å². The third-order valence-electron chi connectivity index (χ3n) is 2.16. The Morgan fingerprint density at radius 2 is 2.18 bits per heavy atom. The van der Waals surface area contributed by atoms with Crippen molar-refractivity contribution in [2.24, 2.45) is 0 Å². The van der Waals surface area contributed by atoms with Gasteiger partial charge in [0.2, 0.25) is 5.82 Å². The first-order chi connectivity index (χ1) is 8.33. The number of H-pyrrole nitrogens is 1. The maximum atomic E-state index is 5.12. The molecule has 1 N–H and O–H groups in total. The standard InChI is InChI=1S/C10H8N6O/c1-6-3-2-4-7(13-6)10-14-9(16-17-10)8-11-5-12-15-8/h2-5H,1H3,(H,11,12,15). The van der Waals surface area contributed by atoms with Gasteiger partial charge in [0.15, 0.2) is 5.82 Å². The summed E-state index contributed by atoms with van der Waals surface area (Å²) in [6, 6.07) is 5.60. The summed E-state index contributed by atoms with van der Waals surface area (Å²) in [6.45, 7) is 1.90. The second-order valence-electron chi connectivity index (χ2n) is 3.42. The highest BCUT2D eigenvalue weighted by atomic mass is 16.5. The van der Waals surface area contributed by atoms with Crippen molar-refractivity contribution in [3.8, 4) is 23.2 Å². The van der Waals surface area contributed by atoms with E-state index in [1.807, 2.05) is 25.1 Å². The number of hydrogen-bond acceptors (Lipinski definition) is 6. The van der Waals surface area contributed by atoms with Gasteiger partial charge in [-0.3, -0.25) is 5.10 Å². The van der Waals surface area contributed by atoms with Gasteiger partial charge in [-0.1, -0.05) is 11.2 Å². The van der Waals surface area contributed by atoms with E-state index in [0.29, 0.717) is 23.2 Å². The molecule has 0 atom stereocenters. The van der Waals surface area contributed by atoms with Crippen LogP contribution in [0.25, 0.3) is 23.2 Å². The molecule has 0 aliphatic carbocycles. The number of nitrogens with zero attached hydrogens (tertiary/aromatic N) is 5. The Morgan fingerprint density at radius 3 is 2.94 bits per heavy atom. The van der Waals surface area contributed by atoms with E-state index >= 15 is 0 Å². The minimum absolute atomic E-state index is 0.361. The Labute approximate surface area is 95.9 Å². The van der Waals surface area contributed by atoms with Gasteiger partial charge in [0.05, 0.1) is 0 Å². The Bertz CT molecular complexity index is 630. The summed E-state index contributed by atoms with van der Waals surface area (Å²) in [7, 11) is 0. The van der Waals surface area contributed by atoms with Crippen LogP contribution in [-0.2, 0) is 0 Å². The highest BCUT2D eigenvalue weighted by Gasteiger charge is 2.13. The molecule has 0 spiro atoms. The van der Waals surface area contributed by atoms with Gasteiger partial charge in [0.1, 0.15) is 12.0 Å². The number of rotatable bonds is 2. The van der Waals surface area contributed by atoms with Gasteiger partial charge < -0.3 is 4.52 Å². The first-order valence-electron chi connectivity index (χ1n) is 4.96. The molecule has 0 aliphatic rings. The summed E-state index contributed by atoms with van der Waals surface area (Å²) in [6.07, 6.45) is 1.39. The van der Waals surface area contributed by atoms with Gasteiger partial charge in [0, 0.05) is 5.69 Å². The van der Waals surface area contributed by atoms with E-state index in [1.54, 1.807) is 0 Å². The summed E-state index contributed by atoms with van der Waals surface area (Å²) in [4.78, 5) is 12.4. The van der Waals surface area contributed by atoms with Gasteiger partial charge >= 0.3 is 0 Å². The van der Waals surface area contributed by atoms with E-state index in [2.05, 4.69) is 30.3 Å². The monoisotopic (exact) mass is 228 g/mol. The van der Waals surface area contributed by atoms with E-state index in [1.165, 1.54) is 6.33 Å². The van der Waals surface area contributed by atoms with Crippen molar-refractivity contribution in [3.05, 3.63) is 30.2 Å². The van der Waals surface area contributed by atoms with Gasteiger partial charge in [-0.2, -0.15) is 10.1 Å². The minimum atomic E-state index is 0.361. The zero-order valence-electron chi connectivity index (χ0n) is 8.95. The van der Waals surface area contributed by atoms with Gasteiger partial charge in [-0.05, 0) is 19.1 Å². The Balaban J connectivity index is 2.01. The van der Waals surface area contributed by atoms with E-state index < -0.39 is 0 Å². The predicted octanol–water partition coefficient (Wildman–Crippen LogP) is 1.23.